The van der Waals surface area contributed by atoms with Crippen molar-refractivity contribution in [2.75, 3.05) is 13.4 Å². The summed E-state index contributed by atoms with van der Waals surface area (Å²) in [6, 6.07) is 5.73. The van der Waals surface area contributed by atoms with E-state index in [2.05, 4.69) is 4.18 Å². The average molecular weight is 260 g/mol. The first-order valence-electron chi connectivity index (χ1n) is 4.58. The fourth-order valence-electron chi connectivity index (χ4n) is 1.28. The summed E-state index contributed by atoms with van der Waals surface area (Å²) in [5.41, 5.74) is 0.307. The van der Waals surface area contributed by atoms with Gasteiger partial charge in [-0.3, -0.25) is 0 Å². The summed E-state index contributed by atoms with van der Waals surface area (Å²) in [5.74, 6) is -1.11. The molecule has 0 heterocycles. The minimum Gasteiger partial charge on any atom is -0.479 e. The molecule has 0 spiro atoms. The van der Waals surface area contributed by atoms with Crippen LogP contribution >= 0.6 is 0 Å². The zero-order valence-corrected chi connectivity index (χ0v) is 10.1. The van der Waals surface area contributed by atoms with Crippen LogP contribution < -0.4 is 4.18 Å². The highest BCUT2D eigenvalue weighted by molar-refractivity contribution is 7.86. The van der Waals surface area contributed by atoms with Crippen molar-refractivity contribution < 1.29 is 27.2 Å². The molecule has 17 heavy (non-hydrogen) atoms. The molecule has 0 aromatic heterocycles. The first-order chi connectivity index (χ1) is 7.83. The lowest BCUT2D eigenvalue weighted by Crippen LogP contribution is -2.13. The topological polar surface area (TPSA) is 89.9 Å². The molecule has 1 rings (SSSR count). The van der Waals surface area contributed by atoms with E-state index in [-0.39, 0.29) is 5.75 Å². The SMILES string of the molecule is COC(C(=O)O)c1cccc(OS(C)(=O)=O)c1. The maximum atomic E-state index is 10.9. The maximum Gasteiger partial charge on any atom is 0.337 e. The number of hydrogen-bond donors (Lipinski definition) is 1. The van der Waals surface area contributed by atoms with Gasteiger partial charge in [0.1, 0.15) is 5.75 Å². The van der Waals surface area contributed by atoms with Crippen molar-refractivity contribution in [3.8, 4) is 5.75 Å². The van der Waals surface area contributed by atoms with Crippen LogP contribution in [-0.2, 0) is 19.6 Å². The van der Waals surface area contributed by atoms with E-state index < -0.39 is 22.2 Å². The number of carbonyl (C=O) groups is 1. The van der Waals surface area contributed by atoms with E-state index in [1.54, 1.807) is 0 Å². The van der Waals surface area contributed by atoms with E-state index >= 15 is 0 Å². The van der Waals surface area contributed by atoms with E-state index in [4.69, 9.17) is 9.84 Å². The summed E-state index contributed by atoms with van der Waals surface area (Å²) < 4.78 is 31.2. The Morgan fingerprint density at radius 1 is 1.41 bits per heavy atom. The standard InChI is InChI=1S/C10H12O6S/c1-15-9(10(11)12)7-4-3-5-8(6-7)16-17(2,13)14/h3-6,9H,1-2H3,(H,11,12). The molecule has 0 bridgehead atoms. The Morgan fingerprint density at radius 2 is 2.06 bits per heavy atom. The van der Waals surface area contributed by atoms with Crippen LogP contribution in [0.1, 0.15) is 11.7 Å². The van der Waals surface area contributed by atoms with Crippen LogP contribution in [0.5, 0.6) is 5.75 Å². The average Bonchev–Trinajstić information content (AvgIpc) is 2.15. The molecule has 0 saturated heterocycles. The normalized spacial score (nSPS) is 13.1. The van der Waals surface area contributed by atoms with Crippen LogP contribution in [0, 0.1) is 0 Å². The lowest BCUT2D eigenvalue weighted by atomic mass is 10.1. The van der Waals surface area contributed by atoms with Gasteiger partial charge in [-0.2, -0.15) is 8.42 Å². The second kappa shape index (κ2) is 5.15. The van der Waals surface area contributed by atoms with Gasteiger partial charge in [0.25, 0.3) is 0 Å². The van der Waals surface area contributed by atoms with Crippen molar-refractivity contribution in [1.29, 1.82) is 0 Å². The van der Waals surface area contributed by atoms with Gasteiger partial charge in [-0.1, -0.05) is 12.1 Å². The molecule has 1 N–H and O–H groups in total. The second-order valence-electron chi connectivity index (χ2n) is 3.31. The molecule has 0 aliphatic carbocycles. The van der Waals surface area contributed by atoms with Gasteiger partial charge in [0.2, 0.25) is 0 Å². The van der Waals surface area contributed by atoms with Crippen LogP contribution in [0.15, 0.2) is 24.3 Å². The van der Waals surface area contributed by atoms with Crippen LogP contribution in [-0.4, -0.2) is 32.9 Å². The van der Waals surface area contributed by atoms with Crippen LogP contribution in [0.4, 0.5) is 0 Å². The molecule has 0 saturated carbocycles. The van der Waals surface area contributed by atoms with E-state index in [9.17, 15) is 13.2 Å². The predicted molar refractivity (Wildman–Crippen MR) is 59.3 cm³/mol. The molecular formula is C10H12O6S. The van der Waals surface area contributed by atoms with Crippen molar-refractivity contribution >= 4 is 16.1 Å². The largest absolute Gasteiger partial charge is 0.479 e. The maximum absolute atomic E-state index is 10.9. The molecular weight excluding hydrogens is 248 g/mol. The highest BCUT2D eigenvalue weighted by atomic mass is 32.2. The van der Waals surface area contributed by atoms with Crippen LogP contribution in [0.25, 0.3) is 0 Å². The zero-order valence-electron chi connectivity index (χ0n) is 9.28. The molecule has 7 heteroatoms. The predicted octanol–water partition coefficient (Wildman–Crippen LogP) is 0.797. The van der Waals surface area contributed by atoms with E-state index in [0.29, 0.717) is 5.56 Å². The fraction of sp³-hybridized carbons (Fsp3) is 0.300. The Bertz CT molecular complexity index is 507. The van der Waals surface area contributed by atoms with Gasteiger partial charge in [0.05, 0.1) is 6.26 Å². The molecule has 0 radical (unpaired) electrons. The molecule has 0 aliphatic heterocycles. The minimum atomic E-state index is -3.63. The lowest BCUT2D eigenvalue weighted by Gasteiger charge is -2.11. The number of hydrogen-bond acceptors (Lipinski definition) is 5. The van der Waals surface area contributed by atoms with Crippen molar-refractivity contribution in [3.63, 3.8) is 0 Å². The first-order valence-corrected chi connectivity index (χ1v) is 6.40. The molecule has 6 nitrogen and oxygen atoms in total. The van der Waals surface area contributed by atoms with Crippen molar-refractivity contribution in [2.45, 2.75) is 6.10 Å². The zero-order chi connectivity index (χ0) is 13.1. The number of carboxylic acids is 1. The molecule has 1 unspecified atom stereocenters. The monoisotopic (exact) mass is 260 g/mol. The quantitative estimate of drug-likeness (QED) is 0.787. The Labute approximate surface area is 98.9 Å². The number of benzene rings is 1. The Balaban J connectivity index is 3.04. The molecule has 0 aliphatic rings. The summed E-state index contributed by atoms with van der Waals surface area (Å²) in [5, 5.41) is 8.87. The molecule has 0 fully saturated rings. The highest BCUT2D eigenvalue weighted by Gasteiger charge is 2.19. The van der Waals surface area contributed by atoms with Crippen molar-refractivity contribution in [1.82, 2.24) is 0 Å². The van der Waals surface area contributed by atoms with Gasteiger partial charge in [-0.25, -0.2) is 4.79 Å². The minimum absolute atomic E-state index is 0.0494. The van der Waals surface area contributed by atoms with E-state index in [1.165, 1.54) is 31.4 Å². The van der Waals surface area contributed by atoms with E-state index in [0.717, 1.165) is 6.26 Å². The number of rotatable bonds is 5. The third-order valence-corrected chi connectivity index (χ3v) is 2.36. The van der Waals surface area contributed by atoms with E-state index in [1.807, 2.05) is 0 Å². The lowest BCUT2D eigenvalue weighted by molar-refractivity contribution is -0.148. The van der Waals surface area contributed by atoms with Crippen LogP contribution in [0.2, 0.25) is 0 Å². The summed E-state index contributed by atoms with van der Waals surface area (Å²) in [6.45, 7) is 0. The third kappa shape index (κ3) is 4.04. The molecule has 1 atom stereocenters. The van der Waals surface area contributed by atoms with Gasteiger partial charge in [-0.15, -0.1) is 0 Å². The summed E-state index contributed by atoms with van der Waals surface area (Å²) in [4.78, 5) is 10.8. The smallest absolute Gasteiger partial charge is 0.337 e. The van der Waals surface area contributed by atoms with Crippen LogP contribution in [0.3, 0.4) is 0 Å². The van der Waals surface area contributed by atoms with Gasteiger partial charge < -0.3 is 14.0 Å². The summed E-state index contributed by atoms with van der Waals surface area (Å²) in [6.07, 6.45) is -0.247. The Kier molecular flexibility index (Phi) is 4.08. The molecule has 0 amide bonds. The summed E-state index contributed by atoms with van der Waals surface area (Å²) >= 11 is 0. The number of ether oxygens (including phenoxy) is 1. The Morgan fingerprint density at radius 3 is 2.53 bits per heavy atom. The third-order valence-electron chi connectivity index (χ3n) is 1.87. The highest BCUT2D eigenvalue weighted by Crippen LogP contribution is 2.22. The first kappa shape index (κ1) is 13.5. The van der Waals surface area contributed by atoms with Gasteiger partial charge in [-0.05, 0) is 17.7 Å². The fourth-order valence-corrected chi connectivity index (χ4v) is 1.74. The van der Waals surface area contributed by atoms with Crippen molar-refractivity contribution in [2.24, 2.45) is 0 Å². The number of aliphatic carboxylic acids is 1. The summed E-state index contributed by atoms with van der Waals surface area (Å²) in [7, 11) is -2.38. The second-order valence-corrected chi connectivity index (χ2v) is 4.89. The molecule has 1 aromatic carbocycles. The molecule has 1 aromatic rings. The Hall–Kier alpha value is -1.60. The van der Waals surface area contributed by atoms with Gasteiger partial charge in [0, 0.05) is 7.11 Å². The van der Waals surface area contributed by atoms with Crippen molar-refractivity contribution in [3.05, 3.63) is 29.8 Å². The number of methoxy groups -OCH3 is 1. The molecule has 94 valence electrons. The van der Waals surface area contributed by atoms with Gasteiger partial charge in [0.15, 0.2) is 6.10 Å². The number of carboxylic acid groups (broad SMARTS) is 1. The van der Waals surface area contributed by atoms with Gasteiger partial charge >= 0.3 is 16.1 Å².